The fraction of sp³-hybridized carbons (Fsp3) is 0.133. The Hall–Kier alpha value is -2.13. The molecular weight excluding hydrogens is 226 g/mol. The lowest BCUT2D eigenvalue weighted by atomic mass is 9.87. The van der Waals surface area contributed by atoms with Crippen molar-refractivity contribution in [3.05, 3.63) is 65.7 Å². The van der Waals surface area contributed by atoms with E-state index in [4.69, 9.17) is 5.73 Å². The van der Waals surface area contributed by atoms with Gasteiger partial charge in [-0.1, -0.05) is 42.5 Å². The lowest BCUT2D eigenvalue weighted by Gasteiger charge is -2.22. The molecule has 0 amide bonds. The summed E-state index contributed by atoms with van der Waals surface area (Å²) in [4.78, 5) is 12.3. The first-order chi connectivity index (χ1) is 8.51. The highest BCUT2D eigenvalue weighted by molar-refractivity contribution is 6.02. The van der Waals surface area contributed by atoms with Crippen LogP contribution in [0.4, 0.5) is 5.69 Å². The lowest BCUT2D eigenvalue weighted by Crippen LogP contribution is -2.32. The number of carbonyl (C=O) groups excluding carboxylic acids is 1. The molecule has 0 radical (unpaired) electrons. The van der Waals surface area contributed by atoms with Crippen LogP contribution in [-0.2, 0) is 5.60 Å². The highest BCUT2D eigenvalue weighted by Gasteiger charge is 2.33. The standard InChI is InChI=1S/C15H15NO2/c1-15(18,12-8-5-9-13(16)10-12)14(17)11-6-3-2-4-7-11/h2-10,18H,16H2,1H3. The summed E-state index contributed by atoms with van der Waals surface area (Å²) < 4.78 is 0. The van der Waals surface area contributed by atoms with Crippen LogP contribution in [0.5, 0.6) is 0 Å². The van der Waals surface area contributed by atoms with E-state index in [1.807, 2.05) is 6.07 Å². The van der Waals surface area contributed by atoms with E-state index in [9.17, 15) is 9.90 Å². The van der Waals surface area contributed by atoms with E-state index in [0.29, 0.717) is 16.8 Å². The maximum atomic E-state index is 12.3. The highest BCUT2D eigenvalue weighted by Crippen LogP contribution is 2.26. The van der Waals surface area contributed by atoms with Gasteiger partial charge in [-0.05, 0) is 24.6 Å². The van der Waals surface area contributed by atoms with Crippen LogP contribution in [0.3, 0.4) is 0 Å². The maximum Gasteiger partial charge on any atom is 0.198 e. The van der Waals surface area contributed by atoms with Crippen molar-refractivity contribution in [3.63, 3.8) is 0 Å². The van der Waals surface area contributed by atoms with Gasteiger partial charge >= 0.3 is 0 Å². The smallest absolute Gasteiger partial charge is 0.198 e. The third-order valence-electron chi connectivity index (χ3n) is 2.93. The molecule has 18 heavy (non-hydrogen) atoms. The first-order valence-electron chi connectivity index (χ1n) is 5.70. The second-order valence-corrected chi connectivity index (χ2v) is 4.39. The molecule has 2 aromatic carbocycles. The van der Waals surface area contributed by atoms with Crippen LogP contribution >= 0.6 is 0 Å². The monoisotopic (exact) mass is 241 g/mol. The number of hydrogen-bond acceptors (Lipinski definition) is 3. The summed E-state index contributed by atoms with van der Waals surface area (Å²) in [6.45, 7) is 1.48. The van der Waals surface area contributed by atoms with Gasteiger partial charge in [-0.3, -0.25) is 4.79 Å². The number of aliphatic hydroxyl groups is 1. The summed E-state index contributed by atoms with van der Waals surface area (Å²) in [5.41, 5.74) is 5.59. The van der Waals surface area contributed by atoms with Gasteiger partial charge in [-0.2, -0.15) is 0 Å². The second-order valence-electron chi connectivity index (χ2n) is 4.39. The molecule has 0 fully saturated rings. The van der Waals surface area contributed by atoms with Gasteiger partial charge in [0.15, 0.2) is 5.78 Å². The molecule has 92 valence electrons. The first kappa shape index (κ1) is 12.3. The van der Waals surface area contributed by atoms with Crippen LogP contribution in [0.15, 0.2) is 54.6 Å². The Balaban J connectivity index is 2.40. The Morgan fingerprint density at radius 3 is 2.39 bits per heavy atom. The molecule has 0 saturated heterocycles. The van der Waals surface area contributed by atoms with Crippen molar-refractivity contribution in [2.75, 3.05) is 5.73 Å². The van der Waals surface area contributed by atoms with Crippen LogP contribution in [0.1, 0.15) is 22.8 Å². The number of carbonyl (C=O) groups is 1. The molecule has 0 heterocycles. The van der Waals surface area contributed by atoms with Crippen LogP contribution in [0, 0.1) is 0 Å². The number of Topliss-reactive ketones (excluding diaryl/α,β-unsaturated/α-hetero) is 1. The molecule has 3 nitrogen and oxygen atoms in total. The molecule has 0 bridgehead atoms. The summed E-state index contributed by atoms with van der Waals surface area (Å²) >= 11 is 0. The van der Waals surface area contributed by atoms with Gasteiger partial charge in [-0.15, -0.1) is 0 Å². The molecule has 1 unspecified atom stereocenters. The maximum absolute atomic E-state index is 12.3. The van der Waals surface area contributed by atoms with Gasteiger partial charge in [0.25, 0.3) is 0 Å². The number of benzene rings is 2. The van der Waals surface area contributed by atoms with Crippen LogP contribution in [0.25, 0.3) is 0 Å². The van der Waals surface area contributed by atoms with E-state index in [-0.39, 0.29) is 5.78 Å². The minimum Gasteiger partial charge on any atom is -0.399 e. The van der Waals surface area contributed by atoms with Crippen molar-refractivity contribution in [1.82, 2.24) is 0 Å². The second kappa shape index (κ2) is 4.63. The Bertz CT molecular complexity index is 562. The molecule has 0 aromatic heterocycles. The summed E-state index contributed by atoms with van der Waals surface area (Å²) in [5.74, 6) is -0.339. The van der Waals surface area contributed by atoms with E-state index in [2.05, 4.69) is 0 Å². The molecular formula is C15H15NO2. The van der Waals surface area contributed by atoms with Gasteiger partial charge in [0.2, 0.25) is 0 Å². The van der Waals surface area contributed by atoms with Crippen molar-refractivity contribution >= 4 is 11.5 Å². The number of anilines is 1. The van der Waals surface area contributed by atoms with Gasteiger partial charge in [0.05, 0.1) is 0 Å². The Morgan fingerprint density at radius 2 is 1.78 bits per heavy atom. The Labute approximate surface area is 106 Å². The van der Waals surface area contributed by atoms with E-state index < -0.39 is 5.60 Å². The Morgan fingerprint density at radius 1 is 1.11 bits per heavy atom. The molecule has 0 aliphatic rings. The fourth-order valence-corrected chi connectivity index (χ4v) is 1.84. The first-order valence-corrected chi connectivity index (χ1v) is 5.70. The zero-order chi connectivity index (χ0) is 13.2. The molecule has 2 aromatic rings. The van der Waals surface area contributed by atoms with Crippen molar-refractivity contribution in [2.24, 2.45) is 0 Å². The normalized spacial score (nSPS) is 13.9. The summed E-state index contributed by atoms with van der Waals surface area (Å²) in [5, 5.41) is 10.4. The third-order valence-corrected chi connectivity index (χ3v) is 2.93. The minimum atomic E-state index is -1.57. The molecule has 3 N–H and O–H groups in total. The predicted octanol–water partition coefficient (Wildman–Crippen LogP) is 2.36. The van der Waals surface area contributed by atoms with Crippen LogP contribution in [-0.4, -0.2) is 10.9 Å². The zero-order valence-electron chi connectivity index (χ0n) is 10.1. The van der Waals surface area contributed by atoms with Crippen LogP contribution < -0.4 is 5.73 Å². The Kier molecular flexibility index (Phi) is 3.17. The summed E-state index contributed by atoms with van der Waals surface area (Å²) in [6.07, 6.45) is 0. The number of ketones is 1. The van der Waals surface area contributed by atoms with E-state index >= 15 is 0 Å². The average Bonchev–Trinajstić information content (AvgIpc) is 2.39. The van der Waals surface area contributed by atoms with Crippen molar-refractivity contribution in [2.45, 2.75) is 12.5 Å². The SMILES string of the molecule is CC(O)(C(=O)c1ccccc1)c1cccc(N)c1. The van der Waals surface area contributed by atoms with Gasteiger partial charge in [-0.25, -0.2) is 0 Å². The zero-order valence-corrected chi connectivity index (χ0v) is 10.1. The summed E-state index contributed by atoms with van der Waals surface area (Å²) in [7, 11) is 0. The highest BCUT2D eigenvalue weighted by atomic mass is 16.3. The number of hydrogen-bond donors (Lipinski definition) is 2. The number of rotatable bonds is 3. The molecule has 0 spiro atoms. The van der Waals surface area contributed by atoms with Crippen molar-refractivity contribution in [1.29, 1.82) is 0 Å². The number of nitrogen functional groups attached to an aromatic ring is 1. The van der Waals surface area contributed by atoms with Gasteiger partial charge in [0, 0.05) is 11.3 Å². The molecule has 1 atom stereocenters. The van der Waals surface area contributed by atoms with E-state index in [0.717, 1.165) is 0 Å². The van der Waals surface area contributed by atoms with Gasteiger partial charge < -0.3 is 10.8 Å². The summed E-state index contributed by atoms with van der Waals surface area (Å²) in [6, 6.07) is 15.5. The fourth-order valence-electron chi connectivity index (χ4n) is 1.84. The largest absolute Gasteiger partial charge is 0.399 e. The average molecular weight is 241 g/mol. The molecule has 2 rings (SSSR count). The van der Waals surface area contributed by atoms with E-state index in [1.54, 1.807) is 48.5 Å². The number of nitrogens with two attached hydrogens (primary N) is 1. The third kappa shape index (κ3) is 2.26. The molecule has 0 aliphatic carbocycles. The lowest BCUT2D eigenvalue weighted by molar-refractivity contribution is 0.0393. The van der Waals surface area contributed by atoms with E-state index in [1.165, 1.54) is 6.92 Å². The topological polar surface area (TPSA) is 63.3 Å². The quantitative estimate of drug-likeness (QED) is 0.640. The molecule has 3 heteroatoms. The van der Waals surface area contributed by atoms with Crippen molar-refractivity contribution < 1.29 is 9.90 Å². The minimum absolute atomic E-state index is 0.339. The van der Waals surface area contributed by atoms with Crippen LogP contribution in [0.2, 0.25) is 0 Å². The van der Waals surface area contributed by atoms with Crippen molar-refractivity contribution in [3.8, 4) is 0 Å². The molecule has 0 aliphatic heterocycles. The molecule has 0 saturated carbocycles. The predicted molar refractivity (Wildman–Crippen MR) is 71.2 cm³/mol. The van der Waals surface area contributed by atoms with Gasteiger partial charge in [0.1, 0.15) is 5.60 Å².